The van der Waals surface area contributed by atoms with E-state index in [1.807, 2.05) is 0 Å². The normalized spacial score (nSPS) is 12.2. The number of hydrogen-bond acceptors (Lipinski definition) is 8. The van der Waals surface area contributed by atoms with E-state index in [1.165, 1.54) is 35.8 Å². The molecular formula is C21H20FN5O3S2. The van der Waals surface area contributed by atoms with Crippen LogP contribution in [0.5, 0.6) is 0 Å². The summed E-state index contributed by atoms with van der Waals surface area (Å²) < 4.78 is 47.7. The summed E-state index contributed by atoms with van der Waals surface area (Å²) in [6.07, 6.45) is 3.90. The van der Waals surface area contributed by atoms with Gasteiger partial charge in [-0.3, -0.25) is 4.72 Å². The van der Waals surface area contributed by atoms with Gasteiger partial charge in [-0.15, -0.1) is 11.3 Å². The fourth-order valence-electron chi connectivity index (χ4n) is 2.94. The van der Waals surface area contributed by atoms with E-state index in [1.54, 1.807) is 39.1 Å². The molecule has 3 N–H and O–H groups in total. The highest BCUT2D eigenvalue weighted by Gasteiger charge is 2.27. The number of aromatic nitrogens is 3. The lowest BCUT2D eigenvalue weighted by Gasteiger charge is -2.14. The second-order valence-electron chi connectivity index (χ2n) is 7.64. The van der Waals surface area contributed by atoms with Crippen molar-refractivity contribution in [1.29, 1.82) is 0 Å². The van der Waals surface area contributed by atoms with E-state index in [4.69, 9.17) is 10.2 Å². The Kier molecular flexibility index (Phi) is 5.57. The van der Waals surface area contributed by atoms with E-state index in [-0.39, 0.29) is 16.1 Å². The van der Waals surface area contributed by atoms with E-state index in [9.17, 15) is 8.42 Å². The number of thiazole rings is 1. The molecule has 0 aliphatic heterocycles. The Morgan fingerprint density at radius 2 is 1.97 bits per heavy atom. The van der Waals surface area contributed by atoms with Crippen molar-refractivity contribution < 1.29 is 17.2 Å². The number of nitrogens with one attached hydrogen (secondary N) is 1. The Balaban J connectivity index is 1.85. The number of benzene rings is 1. The molecule has 0 unspecified atom stereocenters. The van der Waals surface area contributed by atoms with Crippen molar-refractivity contribution in [1.82, 2.24) is 15.0 Å². The van der Waals surface area contributed by atoms with Gasteiger partial charge in [-0.25, -0.2) is 27.8 Å². The topological polar surface area (TPSA) is 124 Å². The number of rotatable bonds is 6. The molecule has 0 spiro atoms. The van der Waals surface area contributed by atoms with Crippen molar-refractivity contribution in [3.8, 4) is 21.8 Å². The Morgan fingerprint density at radius 1 is 1.19 bits per heavy atom. The van der Waals surface area contributed by atoms with E-state index < -0.39 is 21.4 Å². The highest BCUT2D eigenvalue weighted by atomic mass is 32.2. The molecule has 3 aromatic heterocycles. The second kappa shape index (κ2) is 8.08. The van der Waals surface area contributed by atoms with Crippen molar-refractivity contribution >= 4 is 27.0 Å². The molecule has 11 heteroatoms. The van der Waals surface area contributed by atoms with Gasteiger partial charge >= 0.3 is 0 Å². The van der Waals surface area contributed by atoms with Gasteiger partial charge in [0, 0.05) is 11.8 Å². The fraction of sp³-hybridized carbons (Fsp3) is 0.190. The lowest BCUT2D eigenvalue weighted by atomic mass is 10.1. The number of hydrogen-bond donors (Lipinski definition) is 2. The van der Waals surface area contributed by atoms with Crippen molar-refractivity contribution in [2.75, 3.05) is 4.72 Å². The first-order valence-electron chi connectivity index (χ1n) is 9.50. The number of nitrogens with two attached hydrogens (primary N) is 1. The number of nitrogens with zero attached hydrogens (tertiary/aromatic N) is 3. The van der Waals surface area contributed by atoms with Gasteiger partial charge in [-0.05, 0) is 45.0 Å². The van der Waals surface area contributed by atoms with E-state index in [0.29, 0.717) is 27.1 Å². The predicted octanol–water partition coefficient (Wildman–Crippen LogP) is 4.30. The molecule has 8 nitrogen and oxygen atoms in total. The molecule has 0 atom stereocenters. The Morgan fingerprint density at radius 3 is 2.62 bits per heavy atom. The molecule has 0 amide bonds. The largest absolute Gasteiger partial charge is 0.471 e. The lowest BCUT2D eigenvalue weighted by Crippen LogP contribution is -2.28. The molecule has 0 fully saturated rings. The summed E-state index contributed by atoms with van der Waals surface area (Å²) in [6.45, 7) is 5.36. The first-order chi connectivity index (χ1) is 15.1. The molecule has 0 radical (unpaired) electrons. The molecule has 0 bridgehead atoms. The maximum atomic E-state index is 15.6. The molecule has 0 aliphatic rings. The highest BCUT2D eigenvalue weighted by Crippen LogP contribution is 2.40. The minimum absolute atomic E-state index is 0.111. The van der Waals surface area contributed by atoms with Crippen molar-refractivity contribution in [3.05, 3.63) is 65.7 Å². The van der Waals surface area contributed by atoms with Crippen LogP contribution in [0.25, 0.3) is 21.8 Å². The summed E-state index contributed by atoms with van der Waals surface area (Å²) in [7, 11) is -4.02. The molecule has 0 aliphatic carbocycles. The highest BCUT2D eigenvalue weighted by molar-refractivity contribution is 7.92. The summed E-state index contributed by atoms with van der Waals surface area (Å²) >= 11 is 1.30. The number of furan rings is 1. The van der Waals surface area contributed by atoms with Crippen LogP contribution in [-0.2, 0) is 15.6 Å². The van der Waals surface area contributed by atoms with Gasteiger partial charge in [0.1, 0.15) is 22.0 Å². The third-order valence-corrected chi connectivity index (χ3v) is 7.25. The Hall–Kier alpha value is -3.15. The van der Waals surface area contributed by atoms with Crippen LogP contribution in [0, 0.1) is 12.7 Å². The van der Waals surface area contributed by atoms with Crippen molar-refractivity contribution in [2.45, 2.75) is 31.2 Å². The van der Waals surface area contributed by atoms with Gasteiger partial charge in [0.2, 0.25) is 0 Å². The van der Waals surface area contributed by atoms with Crippen LogP contribution in [0.2, 0.25) is 0 Å². The van der Waals surface area contributed by atoms with Crippen LogP contribution in [-0.4, -0.2) is 23.4 Å². The first kappa shape index (κ1) is 22.1. The second-order valence-corrected chi connectivity index (χ2v) is 10.3. The van der Waals surface area contributed by atoms with Gasteiger partial charge in [0.05, 0.1) is 33.8 Å². The quantitative estimate of drug-likeness (QED) is 0.428. The minimum atomic E-state index is -4.02. The Labute approximate surface area is 188 Å². The molecule has 3 heterocycles. The maximum absolute atomic E-state index is 15.6. The fourth-order valence-corrected chi connectivity index (χ4v) is 4.98. The van der Waals surface area contributed by atoms with Crippen molar-refractivity contribution in [3.63, 3.8) is 0 Å². The van der Waals surface area contributed by atoms with E-state index >= 15 is 4.39 Å². The smallest absolute Gasteiger partial charge is 0.265 e. The average Bonchev–Trinajstić information content (AvgIpc) is 3.40. The number of anilines is 1. The molecule has 1 aromatic carbocycles. The van der Waals surface area contributed by atoms with E-state index in [0.717, 1.165) is 6.26 Å². The third kappa shape index (κ3) is 4.27. The van der Waals surface area contributed by atoms with Crippen molar-refractivity contribution in [2.24, 2.45) is 5.73 Å². The summed E-state index contributed by atoms with van der Waals surface area (Å²) in [5.41, 5.74) is 6.29. The van der Waals surface area contributed by atoms with Gasteiger partial charge in [-0.2, -0.15) is 0 Å². The summed E-state index contributed by atoms with van der Waals surface area (Å²) in [5, 5.41) is 0.586. The number of sulfonamides is 1. The molecular weight excluding hydrogens is 453 g/mol. The minimum Gasteiger partial charge on any atom is -0.471 e. The standard InChI is InChI=1S/C21H20FN5O3S2/c1-12-24-9-7-16(25-12)19-18(26-20(31-19)21(2,3)23)14-5-4-6-15(17(14)22)27-32(28,29)13-8-10-30-11-13/h4-11,27H,23H2,1-3H3. The SMILES string of the molecule is Cc1nccc(-c2sc(C(C)(C)N)nc2-c2cccc(NS(=O)(=O)c3ccoc3)c2F)n1. The maximum Gasteiger partial charge on any atom is 0.265 e. The van der Waals surface area contributed by atoms with Crippen LogP contribution in [0.4, 0.5) is 10.1 Å². The lowest BCUT2D eigenvalue weighted by molar-refractivity contribution is 0.550. The third-order valence-electron chi connectivity index (χ3n) is 4.49. The van der Waals surface area contributed by atoms with Crippen LogP contribution < -0.4 is 10.5 Å². The van der Waals surface area contributed by atoms with Gasteiger partial charge < -0.3 is 10.2 Å². The van der Waals surface area contributed by atoms with Gasteiger partial charge in [0.15, 0.2) is 5.82 Å². The van der Waals surface area contributed by atoms with Crippen LogP contribution in [0.15, 0.2) is 58.4 Å². The summed E-state index contributed by atoms with van der Waals surface area (Å²) in [6, 6.07) is 7.40. The van der Waals surface area contributed by atoms with Gasteiger partial charge in [0.25, 0.3) is 10.0 Å². The van der Waals surface area contributed by atoms with Crippen LogP contribution >= 0.6 is 11.3 Å². The first-order valence-corrected chi connectivity index (χ1v) is 11.8. The summed E-state index contributed by atoms with van der Waals surface area (Å²) in [5.74, 6) is -0.212. The Bertz CT molecular complexity index is 1380. The summed E-state index contributed by atoms with van der Waals surface area (Å²) in [4.78, 5) is 13.7. The molecule has 166 valence electrons. The zero-order valence-electron chi connectivity index (χ0n) is 17.5. The monoisotopic (exact) mass is 473 g/mol. The zero-order chi connectivity index (χ0) is 23.1. The molecule has 4 rings (SSSR count). The number of halogens is 1. The van der Waals surface area contributed by atoms with E-state index in [2.05, 4.69) is 19.7 Å². The molecule has 0 saturated heterocycles. The molecule has 32 heavy (non-hydrogen) atoms. The average molecular weight is 474 g/mol. The van der Waals surface area contributed by atoms with Crippen LogP contribution in [0.3, 0.4) is 0 Å². The molecule has 4 aromatic rings. The van der Waals surface area contributed by atoms with Crippen LogP contribution in [0.1, 0.15) is 24.7 Å². The number of aryl methyl sites for hydroxylation is 1. The predicted molar refractivity (Wildman–Crippen MR) is 120 cm³/mol. The molecule has 0 saturated carbocycles. The van der Waals surface area contributed by atoms with Gasteiger partial charge in [-0.1, -0.05) is 6.07 Å². The zero-order valence-corrected chi connectivity index (χ0v) is 19.1.